The summed E-state index contributed by atoms with van der Waals surface area (Å²) in [5.41, 5.74) is 2.31. The van der Waals surface area contributed by atoms with Gasteiger partial charge >= 0.3 is 7.12 Å². The van der Waals surface area contributed by atoms with Crippen LogP contribution in [0.5, 0.6) is 5.75 Å². The highest BCUT2D eigenvalue weighted by Crippen LogP contribution is 2.29. The van der Waals surface area contributed by atoms with Gasteiger partial charge in [-0.15, -0.1) is 0 Å². The summed E-state index contributed by atoms with van der Waals surface area (Å²) >= 11 is 0. The predicted octanol–water partition coefficient (Wildman–Crippen LogP) is 1.41. The van der Waals surface area contributed by atoms with E-state index in [0.717, 1.165) is 17.7 Å². The van der Waals surface area contributed by atoms with Gasteiger partial charge in [-0.25, -0.2) is 0 Å². The maximum atomic E-state index is 9.26. The lowest BCUT2D eigenvalue weighted by atomic mass is 9.78. The number of aryl methyl sites for hydroxylation is 2. The smallest absolute Gasteiger partial charge is 0.522 e. The Morgan fingerprint density at radius 2 is 2.33 bits per heavy atom. The van der Waals surface area contributed by atoms with Crippen molar-refractivity contribution in [1.29, 1.82) is 0 Å². The minimum Gasteiger partial charge on any atom is -0.536 e. The van der Waals surface area contributed by atoms with E-state index in [1.54, 1.807) is 0 Å². The van der Waals surface area contributed by atoms with E-state index >= 15 is 0 Å². The average molecular weight is 162 g/mol. The Hall–Kier alpha value is -0.955. The summed E-state index contributed by atoms with van der Waals surface area (Å²) in [4.78, 5) is 0. The van der Waals surface area contributed by atoms with Crippen LogP contribution in [-0.4, -0.2) is 12.1 Å². The van der Waals surface area contributed by atoms with E-state index in [0.29, 0.717) is 6.32 Å². The monoisotopic (exact) mass is 162 g/mol. The SMILES string of the molecule is Cc1cccc2c1OB(O)CC2. The lowest BCUT2D eigenvalue weighted by Crippen LogP contribution is -2.26. The molecule has 62 valence electrons. The molecule has 2 nitrogen and oxygen atoms in total. The first-order valence-electron chi connectivity index (χ1n) is 4.20. The van der Waals surface area contributed by atoms with Gasteiger partial charge in [-0.3, -0.25) is 0 Å². The van der Waals surface area contributed by atoms with E-state index in [1.807, 2.05) is 25.1 Å². The number of benzene rings is 1. The fraction of sp³-hybridized carbons (Fsp3) is 0.333. The van der Waals surface area contributed by atoms with Crippen LogP contribution in [0.3, 0.4) is 0 Å². The van der Waals surface area contributed by atoms with Gasteiger partial charge in [0.1, 0.15) is 5.75 Å². The molecule has 0 fully saturated rings. The largest absolute Gasteiger partial charge is 0.536 e. The molecular formula is C9H11BO2. The molecule has 2 rings (SSSR count). The fourth-order valence-electron chi connectivity index (χ4n) is 1.55. The van der Waals surface area contributed by atoms with Gasteiger partial charge in [0, 0.05) is 0 Å². The molecule has 0 bridgehead atoms. The third-order valence-corrected chi connectivity index (χ3v) is 2.21. The van der Waals surface area contributed by atoms with Gasteiger partial charge in [-0.2, -0.15) is 0 Å². The van der Waals surface area contributed by atoms with Gasteiger partial charge in [-0.05, 0) is 30.8 Å². The van der Waals surface area contributed by atoms with Crippen LogP contribution >= 0.6 is 0 Å². The highest BCUT2D eigenvalue weighted by molar-refractivity contribution is 6.44. The van der Waals surface area contributed by atoms with Gasteiger partial charge in [0.2, 0.25) is 0 Å². The number of para-hydroxylation sites is 1. The zero-order chi connectivity index (χ0) is 8.55. The Labute approximate surface area is 72.3 Å². The van der Waals surface area contributed by atoms with Crippen LogP contribution in [0.1, 0.15) is 11.1 Å². The first kappa shape index (κ1) is 7.68. The topological polar surface area (TPSA) is 29.5 Å². The first-order chi connectivity index (χ1) is 5.77. The van der Waals surface area contributed by atoms with Crippen LogP contribution < -0.4 is 4.65 Å². The second kappa shape index (κ2) is 2.83. The van der Waals surface area contributed by atoms with E-state index < -0.39 is 7.12 Å². The Kier molecular flexibility index (Phi) is 1.81. The third-order valence-electron chi connectivity index (χ3n) is 2.21. The quantitative estimate of drug-likeness (QED) is 0.584. The molecule has 0 aromatic heterocycles. The number of hydrogen-bond donors (Lipinski definition) is 1. The van der Waals surface area contributed by atoms with Crippen molar-refractivity contribution in [2.45, 2.75) is 19.7 Å². The molecule has 1 aromatic rings. The molecule has 3 heteroatoms. The van der Waals surface area contributed by atoms with Crippen molar-refractivity contribution in [3.63, 3.8) is 0 Å². The lowest BCUT2D eigenvalue weighted by Gasteiger charge is -2.21. The molecule has 0 aliphatic carbocycles. The number of hydrogen-bond acceptors (Lipinski definition) is 2. The highest BCUT2D eigenvalue weighted by atomic mass is 16.5. The standard InChI is InChI=1S/C9H11BO2/c1-7-3-2-4-8-5-6-10(11)12-9(7)8/h2-4,11H,5-6H2,1H3. The van der Waals surface area contributed by atoms with Crippen molar-refractivity contribution in [2.24, 2.45) is 0 Å². The van der Waals surface area contributed by atoms with Crippen LogP contribution in [0, 0.1) is 6.92 Å². The highest BCUT2D eigenvalue weighted by Gasteiger charge is 2.23. The molecular weight excluding hydrogens is 151 g/mol. The van der Waals surface area contributed by atoms with Gasteiger partial charge in [0.25, 0.3) is 0 Å². The first-order valence-corrected chi connectivity index (χ1v) is 4.20. The van der Waals surface area contributed by atoms with E-state index in [4.69, 9.17) is 4.65 Å². The summed E-state index contributed by atoms with van der Waals surface area (Å²) in [6.45, 7) is 2.00. The van der Waals surface area contributed by atoms with Crippen molar-refractivity contribution in [3.8, 4) is 5.75 Å². The lowest BCUT2D eigenvalue weighted by molar-refractivity contribution is 0.397. The third kappa shape index (κ3) is 1.20. The molecule has 1 aromatic carbocycles. The van der Waals surface area contributed by atoms with E-state index in [9.17, 15) is 5.02 Å². The van der Waals surface area contributed by atoms with E-state index in [-0.39, 0.29) is 0 Å². The van der Waals surface area contributed by atoms with Crippen molar-refractivity contribution in [3.05, 3.63) is 29.3 Å². The predicted molar refractivity (Wildman–Crippen MR) is 48.3 cm³/mol. The Morgan fingerprint density at radius 1 is 1.50 bits per heavy atom. The summed E-state index contributed by atoms with van der Waals surface area (Å²) < 4.78 is 5.32. The molecule has 1 aliphatic heterocycles. The van der Waals surface area contributed by atoms with Crippen LogP contribution in [0.4, 0.5) is 0 Å². The second-order valence-electron chi connectivity index (χ2n) is 3.17. The van der Waals surface area contributed by atoms with Crippen LogP contribution in [0.25, 0.3) is 0 Å². The maximum Gasteiger partial charge on any atom is 0.522 e. The van der Waals surface area contributed by atoms with Gasteiger partial charge in [0.15, 0.2) is 0 Å². The molecule has 1 N–H and O–H groups in total. The summed E-state index contributed by atoms with van der Waals surface area (Å²) in [5, 5.41) is 9.26. The Bertz CT molecular complexity index is 299. The average Bonchev–Trinajstić information content (AvgIpc) is 2.07. The van der Waals surface area contributed by atoms with Crippen molar-refractivity contribution >= 4 is 7.12 Å². The number of rotatable bonds is 0. The van der Waals surface area contributed by atoms with Gasteiger partial charge < -0.3 is 9.68 Å². The molecule has 1 heterocycles. The summed E-state index contributed by atoms with van der Waals surface area (Å²) in [5.74, 6) is 0.872. The molecule has 0 amide bonds. The Morgan fingerprint density at radius 3 is 3.17 bits per heavy atom. The minimum absolute atomic E-state index is 0.612. The summed E-state index contributed by atoms with van der Waals surface area (Å²) in [6, 6.07) is 6.07. The van der Waals surface area contributed by atoms with Gasteiger partial charge in [0.05, 0.1) is 0 Å². The second-order valence-corrected chi connectivity index (χ2v) is 3.17. The van der Waals surface area contributed by atoms with Crippen molar-refractivity contribution < 1.29 is 9.68 Å². The summed E-state index contributed by atoms with van der Waals surface area (Å²) in [7, 11) is -0.612. The number of fused-ring (bicyclic) bond motifs is 1. The van der Waals surface area contributed by atoms with Crippen LogP contribution in [0.15, 0.2) is 18.2 Å². The molecule has 0 unspecified atom stereocenters. The maximum absolute atomic E-state index is 9.26. The van der Waals surface area contributed by atoms with Crippen LogP contribution in [-0.2, 0) is 6.42 Å². The van der Waals surface area contributed by atoms with E-state index in [1.165, 1.54) is 5.56 Å². The minimum atomic E-state index is -0.612. The van der Waals surface area contributed by atoms with Crippen molar-refractivity contribution in [2.75, 3.05) is 0 Å². The molecule has 0 saturated heterocycles. The zero-order valence-electron chi connectivity index (χ0n) is 7.08. The molecule has 0 atom stereocenters. The molecule has 0 saturated carbocycles. The molecule has 0 spiro atoms. The van der Waals surface area contributed by atoms with Crippen molar-refractivity contribution in [1.82, 2.24) is 0 Å². The Balaban J connectivity index is 2.43. The van der Waals surface area contributed by atoms with Gasteiger partial charge in [-0.1, -0.05) is 18.2 Å². The summed E-state index contributed by atoms with van der Waals surface area (Å²) in [6.07, 6.45) is 1.62. The fourth-order valence-corrected chi connectivity index (χ4v) is 1.55. The molecule has 0 radical (unpaired) electrons. The molecule has 12 heavy (non-hydrogen) atoms. The van der Waals surface area contributed by atoms with Crippen LogP contribution in [0.2, 0.25) is 6.32 Å². The molecule has 1 aliphatic rings. The normalized spacial score (nSPS) is 15.3. The van der Waals surface area contributed by atoms with E-state index in [2.05, 4.69) is 0 Å². The zero-order valence-corrected chi connectivity index (χ0v) is 7.08.